The van der Waals surface area contributed by atoms with Crippen molar-refractivity contribution in [2.75, 3.05) is 6.54 Å². The first-order chi connectivity index (χ1) is 14.7. The predicted molar refractivity (Wildman–Crippen MR) is 110 cm³/mol. The number of likely N-dealkylation sites (tertiary alicyclic amines) is 1. The summed E-state index contributed by atoms with van der Waals surface area (Å²) in [7, 11) is 0. The van der Waals surface area contributed by atoms with Crippen LogP contribution in [0.25, 0.3) is 5.76 Å². The minimum atomic E-state index is -1.04. The van der Waals surface area contributed by atoms with E-state index in [4.69, 9.17) is 5.11 Å². The molecule has 2 N–H and O–H groups in total. The lowest BCUT2D eigenvalue weighted by Gasteiger charge is -2.25. The lowest BCUT2D eigenvalue weighted by atomic mass is 9.95. The molecule has 1 saturated heterocycles. The van der Waals surface area contributed by atoms with Crippen molar-refractivity contribution in [1.29, 1.82) is 0 Å². The van der Waals surface area contributed by atoms with Crippen molar-refractivity contribution in [1.82, 2.24) is 4.90 Å². The molecule has 3 rings (SSSR count). The van der Waals surface area contributed by atoms with Crippen LogP contribution in [0.3, 0.4) is 0 Å². The monoisotopic (exact) mass is 424 g/mol. The van der Waals surface area contributed by atoms with Crippen LogP contribution in [0.15, 0.2) is 54.1 Å². The topological polar surface area (TPSA) is 138 Å². The molecule has 0 radical (unpaired) electrons. The molecule has 9 nitrogen and oxygen atoms in total. The highest BCUT2D eigenvalue weighted by Crippen LogP contribution is 2.40. The Labute approximate surface area is 177 Å². The van der Waals surface area contributed by atoms with Gasteiger partial charge in [-0.25, -0.2) is 0 Å². The van der Waals surface area contributed by atoms with Crippen LogP contribution < -0.4 is 0 Å². The van der Waals surface area contributed by atoms with Crippen LogP contribution in [0.4, 0.5) is 5.69 Å². The second kappa shape index (κ2) is 8.78. The molecule has 1 aliphatic heterocycles. The number of aliphatic carboxylic acids is 1. The van der Waals surface area contributed by atoms with E-state index in [0.29, 0.717) is 11.1 Å². The van der Waals surface area contributed by atoms with Gasteiger partial charge in [-0.15, -0.1) is 0 Å². The van der Waals surface area contributed by atoms with Crippen molar-refractivity contribution in [3.05, 3.63) is 80.9 Å². The number of hydrogen-bond donors (Lipinski definition) is 2. The van der Waals surface area contributed by atoms with Gasteiger partial charge in [0.15, 0.2) is 0 Å². The van der Waals surface area contributed by atoms with E-state index in [-0.39, 0.29) is 36.4 Å². The number of amides is 1. The Morgan fingerprint density at radius 3 is 2.23 bits per heavy atom. The largest absolute Gasteiger partial charge is 0.507 e. The van der Waals surface area contributed by atoms with E-state index in [1.807, 2.05) is 6.92 Å². The van der Waals surface area contributed by atoms with Crippen molar-refractivity contribution >= 4 is 29.1 Å². The number of nitro benzene ring substituents is 1. The van der Waals surface area contributed by atoms with Gasteiger partial charge in [-0.3, -0.25) is 24.5 Å². The number of Topliss-reactive ketones (excluding diaryl/α,β-unsaturated/α-hetero) is 1. The van der Waals surface area contributed by atoms with E-state index in [1.54, 1.807) is 24.3 Å². The molecule has 0 bridgehead atoms. The van der Waals surface area contributed by atoms with Crippen LogP contribution in [0.5, 0.6) is 0 Å². The minimum Gasteiger partial charge on any atom is -0.507 e. The molecule has 0 aliphatic carbocycles. The van der Waals surface area contributed by atoms with Crippen LogP contribution >= 0.6 is 0 Å². The van der Waals surface area contributed by atoms with Crippen molar-refractivity contribution in [2.24, 2.45) is 0 Å². The summed E-state index contributed by atoms with van der Waals surface area (Å²) >= 11 is 0. The molecule has 1 amide bonds. The lowest BCUT2D eigenvalue weighted by molar-refractivity contribution is -0.384. The van der Waals surface area contributed by atoms with Gasteiger partial charge in [-0.1, -0.05) is 29.8 Å². The number of carboxylic acids is 1. The normalized spacial score (nSPS) is 17.7. The summed E-state index contributed by atoms with van der Waals surface area (Å²) in [5.41, 5.74) is 1.38. The number of carboxylic acid groups (broad SMARTS) is 1. The third-order valence-corrected chi connectivity index (χ3v) is 5.07. The number of non-ortho nitro benzene ring substituents is 1. The number of carbonyl (C=O) groups is 3. The Morgan fingerprint density at radius 2 is 1.68 bits per heavy atom. The fourth-order valence-electron chi connectivity index (χ4n) is 3.50. The molecule has 1 aliphatic rings. The summed E-state index contributed by atoms with van der Waals surface area (Å²) in [5, 5.41) is 30.8. The summed E-state index contributed by atoms with van der Waals surface area (Å²) in [6.07, 6.45) is -0.0929. The molecule has 0 saturated carbocycles. The molecule has 1 heterocycles. The first-order valence-corrected chi connectivity index (χ1v) is 9.52. The Balaban J connectivity index is 2.10. The predicted octanol–water partition coefficient (Wildman–Crippen LogP) is 3.19. The van der Waals surface area contributed by atoms with Crippen molar-refractivity contribution in [2.45, 2.75) is 25.8 Å². The quantitative estimate of drug-likeness (QED) is 0.229. The summed E-state index contributed by atoms with van der Waals surface area (Å²) in [6, 6.07) is 11.1. The molecule has 2 aromatic carbocycles. The van der Waals surface area contributed by atoms with Crippen LogP contribution in [0.2, 0.25) is 0 Å². The Bertz CT molecular complexity index is 1070. The summed E-state index contributed by atoms with van der Waals surface area (Å²) in [5.74, 6) is -3.15. The fraction of sp³-hybridized carbons (Fsp3) is 0.227. The average Bonchev–Trinajstić information content (AvgIpc) is 2.98. The van der Waals surface area contributed by atoms with Gasteiger partial charge >= 0.3 is 5.97 Å². The molecule has 160 valence electrons. The minimum absolute atomic E-state index is 0.0246. The lowest BCUT2D eigenvalue weighted by Crippen LogP contribution is -2.31. The Morgan fingerprint density at radius 1 is 1.06 bits per heavy atom. The molecule has 2 aromatic rings. The molecular weight excluding hydrogens is 404 g/mol. The number of rotatable bonds is 7. The highest BCUT2D eigenvalue weighted by Gasteiger charge is 2.45. The molecule has 31 heavy (non-hydrogen) atoms. The molecule has 1 unspecified atom stereocenters. The second-order valence-corrected chi connectivity index (χ2v) is 7.20. The number of aliphatic hydroxyl groups excluding tert-OH is 1. The number of nitrogens with zero attached hydrogens (tertiary/aromatic N) is 2. The van der Waals surface area contributed by atoms with Gasteiger partial charge in [-0.2, -0.15) is 0 Å². The van der Waals surface area contributed by atoms with Gasteiger partial charge in [0, 0.05) is 30.7 Å². The van der Waals surface area contributed by atoms with Gasteiger partial charge in [0.05, 0.1) is 16.5 Å². The van der Waals surface area contributed by atoms with E-state index in [9.17, 15) is 29.6 Å². The maximum Gasteiger partial charge on any atom is 0.303 e. The van der Waals surface area contributed by atoms with Gasteiger partial charge in [0.25, 0.3) is 17.4 Å². The van der Waals surface area contributed by atoms with Crippen LogP contribution in [-0.2, 0) is 14.4 Å². The highest BCUT2D eigenvalue weighted by atomic mass is 16.6. The first kappa shape index (κ1) is 21.7. The van der Waals surface area contributed by atoms with Crippen LogP contribution in [0.1, 0.15) is 35.6 Å². The zero-order valence-corrected chi connectivity index (χ0v) is 16.6. The van der Waals surface area contributed by atoms with E-state index < -0.39 is 28.6 Å². The maximum atomic E-state index is 12.8. The van der Waals surface area contributed by atoms with E-state index >= 15 is 0 Å². The highest BCUT2D eigenvalue weighted by molar-refractivity contribution is 6.46. The van der Waals surface area contributed by atoms with Gasteiger partial charge in [0.1, 0.15) is 5.76 Å². The molecule has 1 fully saturated rings. The summed E-state index contributed by atoms with van der Waals surface area (Å²) in [6.45, 7) is 1.84. The van der Waals surface area contributed by atoms with Gasteiger partial charge in [0.2, 0.25) is 0 Å². The van der Waals surface area contributed by atoms with Crippen molar-refractivity contribution in [3.8, 4) is 0 Å². The summed E-state index contributed by atoms with van der Waals surface area (Å²) < 4.78 is 0. The number of aryl methyl sites for hydroxylation is 1. The van der Waals surface area contributed by atoms with E-state index in [0.717, 1.165) is 5.56 Å². The van der Waals surface area contributed by atoms with E-state index in [2.05, 4.69) is 0 Å². The molecule has 9 heteroatoms. The second-order valence-electron chi connectivity index (χ2n) is 7.20. The summed E-state index contributed by atoms with van der Waals surface area (Å²) in [4.78, 5) is 48.0. The van der Waals surface area contributed by atoms with Gasteiger partial charge < -0.3 is 15.1 Å². The SMILES string of the molecule is Cc1ccc(C(O)=C2C(=O)C(=O)N(CCCC(=O)O)C2c2ccc([N+](=O)[O-])cc2)cc1. The number of benzene rings is 2. The Hall–Kier alpha value is -4.01. The molecule has 0 aromatic heterocycles. The van der Waals surface area contributed by atoms with E-state index in [1.165, 1.54) is 29.2 Å². The number of nitro groups is 1. The van der Waals surface area contributed by atoms with Gasteiger partial charge in [-0.05, 0) is 31.0 Å². The standard InChI is InChI=1S/C22H20N2O7/c1-13-4-6-15(7-5-13)20(27)18-19(14-8-10-16(11-9-14)24(30)31)23(22(29)21(18)28)12-2-3-17(25)26/h4-11,19,27H,2-3,12H2,1H3,(H,25,26). The van der Waals surface area contributed by atoms with Crippen molar-refractivity contribution < 1.29 is 29.5 Å². The maximum absolute atomic E-state index is 12.8. The smallest absolute Gasteiger partial charge is 0.303 e. The fourth-order valence-corrected chi connectivity index (χ4v) is 3.50. The number of carbonyl (C=O) groups excluding carboxylic acids is 2. The number of hydrogen-bond acceptors (Lipinski definition) is 6. The third-order valence-electron chi connectivity index (χ3n) is 5.07. The molecule has 1 atom stereocenters. The molecular formula is C22H20N2O7. The zero-order valence-electron chi connectivity index (χ0n) is 16.6. The number of aliphatic hydroxyl groups is 1. The van der Waals surface area contributed by atoms with Crippen LogP contribution in [0, 0.1) is 17.0 Å². The number of ketones is 1. The van der Waals surface area contributed by atoms with Crippen molar-refractivity contribution in [3.63, 3.8) is 0 Å². The third kappa shape index (κ3) is 4.45. The Kier molecular flexibility index (Phi) is 6.15. The first-order valence-electron chi connectivity index (χ1n) is 9.52. The van der Waals surface area contributed by atoms with Crippen LogP contribution in [-0.4, -0.2) is 44.2 Å². The zero-order chi connectivity index (χ0) is 22.7. The molecule has 0 spiro atoms. The average molecular weight is 424 g/mol.